The molecule has 0 spiro atoms. The Morgan fingerprint density at radius 2 is 1.90 bits per heavy atom. The summed E-state index contributed by atoms with van der Waals surface area (Å²) in [6, 6.07) is 0. The standard InChI is InChI=1S/C13H27N3O3S/c1-10-5-7-13(8-6-10,11(14)15-17)16-20(18,19)9-12(2,3)4/h10,16-17H,5-9H2,1-4H3,(H2,14,15). The molecule has 4 N–H and O–H groups in total. The third-order valence-corrected chi connectivity index (χ3v) is 5.65. The van der Waals surface area contributed by atoms with E-state index in [1.165, 1.54) is 0 Å². The van der Waals surface area contributed by atoms with Crippen LogP contribution in [0.1, 0.15) is 53.4 Å². The molecule has 0 aromatic rings. The molecular formula is C13H27N3O3S. The molecule has 0 radical (unpaired) electrons. The first kappa shape index (κ1) is 17.2. The topological polar surface area (TPSA) is 105 Å². The van der Waals surface area contributed by atoms with Gasteiger partial charge in [-0.15, -0.1) is 0 Å². The highest BCUT2D eigenvalue weighted by molar-refractivity contribution is 7.89. The predicted octanol–water partition coefficient (Wildman–Crippen LogP) is 1.65. The molecular weight excluding hydrogens is 278 g/mol. The summed E-state index contributed by atoms with van der Waals surface area (Å²) in [5.74, 6) is 0.499. The highest BCUT2D eigenvalue weighted by atomic mass is 32.2. The van der Waals surface area contributed by atoms with Gasteiger partial charge in [-0.05, 0) is 37.0 Å². The van der Waals surface area contributed by atoms with E-state index in [1.54, 1.807) is 0 Å². The fraction of sp³-hybridized carbons (Fsp3) is 0.923. The zero-order chi connectivity index (χ0) is 15.6. The van der Waals surface area contributed by atoms with Crippen molar-refractivity contribution in [2.75, 3.05) is 5.75 Å². The average molecular weight is 305 g/mol. The lowest BCUT2D eigenvalue weighted by atomic mass is 9.77. The maximum Gasteiger partial charge on any atom is 0.213 e. The van der Waals surface area contributed by atoms with E-state index in [-0.39, 0.29) is 17.0 Å². The minimum absolute atomic E-state index is 0.00993. The van der Waals surface area contributed by atoms with Crippen molar-refractivity contribution in [3.63, 3.8) is 0 Å². The first-order chi connectivity index (χ1) is 9.00. The van der Waals surface area contributed by atoms with Crippen LogP contribution in [0.2, 0.25) is 0 Å². The van der Waals surface area contributed by atoms with Crippen molar-refractivity contribution in [1.82, 2.24) is 4.72 Å². The molecule has 0 atom stereocenters. The van der Waals surface area contributed by atoms with Crippen molar-refractivity contribution in [1.29, 1.82) is 0 Å². The van der Waals surface area contributed by atoms with E-state index in [9.17, 15) is 8.42 Å². The van der Waals surface area contributed by atoms with Crippen LogP contribution >= 0.6 is 0 Å². The quantitative estimate of drug-likeness (QED) is 0.318. The van der Waals surface area contributed by atoms with Crippen LogP contribution in [0.15, 0.2) is 5.16 Å². The lowest BCUT2D eigenvalue weighted by Gasteiger charge is -2.39. The van der Waals surface area contributed by atoms with Crippen LogP contribution in [0.3, 0.4) is 0 Å². The van der Waals surface area contributed by atoms with Gasteiger partial charge in [0.25, 0.3) is 0 Å². The van der Waals surface area contributed by atoms with Crippen LogP contribution in [0.5, 0.6) is 0 Å². The van der Waals surface area contributed by atoms with Gasteiger partial charge in [0.1, 0.15) is 0 Å². The predicted molar refractivity (Wildman–Crippen MR) is 80.1 cm³/mol. The Morgan fingerprint density at radius 1 is 1.40 bits per heavy atom. The molecule has 20 heavy (non-hydrogen) atoms. The van der Waals surface area contributed by atoms with Crippen molar-refractivity contribution in [3.05, 3.63) is 0 Å². The molecule has 6 nitrogen and oxygen atoms in total. The SMILES string of the molecule is CC1CCC(NS(=O)(=O)CC(C)(C)C)(C(N)=NO)CC1. The number of nitrogens with one attached hydrogen (secondary N) is 1. The van der Waals surface area contributed by atoms with Gasteiger partial charge in [0.2, 0.25) is 10.0 Å². The number of nitrogens with two attached hydrogens (primary N) is 1. The molecule has 0 bridgehead atoms. The minimum atomic E-state index is -3.49. The van der Waals surface area contributed by atoms with Gasteiger partial charge in [-0.1, -0.05) is 32.9 Å². The van der Waals surface area contributed by atoms with Gasteiger partial charge >= 0.3 is 0 Å². The van der Waals surface area contributed by atoms with E-state index in [2.05, 4.69) is 16.8 Å². The maximum atomic E-state index is 12.3. The van der Waals surface area contributed by atoms with E-state index >= 15 is 0 Å². The highest BCUT2D eigenvalue weighted by Gasteiger charge is 2.42. The zero-order valence-corrected chi connectivity index (χ0v) is 13.6. The van der Waals surface area contributed by atoms with Gasteiger partial charge in [-0.25, -0.2) is 13.1 Å². The molecule has 0 unspecified atom stereocenters. The van der Waals surface area contributed by atoms with Crippen molar-refractivity contribution >= 4 is 15.9 Å². The molecule has 0 aromatic heterocycles. The number of hydrogen-bond acceptors (Lipinski definition) is 4. The van der Waals surface area contributed by atoms with Crippen molar-refractivity contribution in [3.8, 4) is 0 Å². The Balaban J connectivity index is 2.98. The number of sulfonamides is 1. The number of amidine groups is 1. The number of oxime groups is 1. The molecule has 1 aliphatic carbocycles. The van der Waals surface area contributed by atoms with Crippen LogP contribution in [-0.2, 0) is 10.0 Å². The number of nitrogens with zero attached hydrogens (tertiary/aromatic N) is 1. The fourth-order valence-electron chi connectivity index (χ4n) is 2.66. The molecule has 1 fully saturated rings. The van der Waals surface area contributed by atoms with Crippen LogP contribution in [0.4, 0.5) is 0 Å². The first-order valence-corrected chi connectivity index (χ1v) is 8.65. The normalized spacial score (nSPS) is 29.4. The molecule has 0 saturated heterocycles. The van der Waals surface area contributed by atoms with Crippen molar-refractivity contribution < 1.29 is 13.6 Å². The summed E-state index contributed by atoms with van der Waals surface area (Å²) in [7, 11) is -3.49. The van der Waals surface area contributed by atoms with E-state index in [0.717, 1.165) is 12.8 Å². The number of hydrogen-bond donors (Lipinski definition) is 3. The average Bonchev–Trinajstić information content (AvgIpc) is 2.27. The molecule has 1 saturated carbocycles. The van der Waals surface area contributed by atoms with Crippen LogP contribution in [0.25, 0.3) is 0 Å². The van der Waals surface area contributed by atoms with E-state index < -0.39 is 15.6 Å². The van der Waals surface area contributed by atoms with Crippen molar-refractivity contribution in [2.45, 2.75) is 58.9 Å². The second kappa shape index (κ2) is 5.89. The molecule has 1 rings (SSSR count). The molecule has 7 heteroatoms. The molecule has 118 valence electrons. The van der Waals surface area contributed by atoms with Gasteiger partial charge in [0, 0.05) is 0 Å². The summed E-state index contributed by atoms with van der Waals surface area (Å²) < 4.78 is 27.3. The second-order valence-corrected chi connectivity index (χ2v) is 8.89. The van der Waals surface area contributed by atoms with Crippen LogP contribution < -0.4 is 10.5 Å². The third kappa shape index (κ3) is 4.63. The van der Waals surface area contributed by atoms with E-state index in [0.29, 0.717) is 18.8 Å². The largest absolute Gasteiger partial charge is 0.409 e. The molecule has 1 aliphatic rings. The Bertz CT molecular complexity index is 458. The van der Waals surface area contributed by atoms with Gasteiger partial charge < -0.3 is 10.9 Å². The Hall–Kier alpha value is -0.820. The van der Waals surface area contributed by atoms with E-state index in [4.69, 9.17) is 10.9 Å². The van der Waals surface area contributed by atoms with Gasteiger partial charge in [-0.2, -0.15) is 0 Å². The smallest absolute Gasteiger partial charge is 0.213 e. The lowest BCUT2D eigenvalue weighted by Crippen LogP contribution is -2.59. The minimum Gasteiger partial charge on any atom is -0.409 e. The highest BCUT2D eigenvalue weighted by Crippen LogP contribution is 2.33. The Kier molecular flexibility index (Phi) is 5.08. The summed E-state index contributed by atoms with van der Waals surface area (Å²) >= 11 is 0. The first-order valence-electron chi connectivity index (χ1n) is 6.99. The molecule has 0 heterocycles. The Morgan fingerprint density at radius 3 is 2.30 bits per heavy atom. The fourth-order valence-corrected chi connectivity index (χ4v) is 4.78. The van der Waals surface area contributed by atoms with Gasteiger partial charge in [-0.3, -0.25) is 0 Å². The lowest BCUT2D eigenvalue weighted by molar-refractivity contribution is 0.266. The van der Waals surface area contributed by atoms with Crippen LogP contribution in [-0.4, -0.2) is 30.8 Å². The third-order valence-electron chi connectivity index (χ3n) is 3.70. The Labute approximate surface area is 121 Å². The summed E-state index contributed by atoms with van der Waals surface area (Å²) in [4.78, 5) is 0. The molecule has 0 aliphatic heterocycles. The molecule has 0 aromatic carbocycles. The maximum absolute atomic E-state index is 12.3. The summed E-state index contributed by atoms with van der Waals surface area (Å²) in [5, 5.41) is 12.0. The molecule has 0 amide bonds. The number of rotatable bonds is 4. The van der Waals surface area contributed by atoms with Gasteiger partial charge in [0.15, 0.2) is 5.84 Å². The summed E-state index contributed by atoms with van der Waals surface area (Å²) in [6.45, 7) is 7.72. The van der Waals surface area contributed by atoms with Crippen molar-refractivity contribution in [2.24, 2.45) is 22.2 Å². The van der Waals surface area contributed by atoms with Gasteiger partial charge in [0.05, 0.1) is 11.3 Å². The monoisotopic (exact) mass is 305 g/mol. The van der Waals surface area contributed by atoms with Crippen LogP contribution in [0, 0.1) is 11.3 Å². The summed E-state index contributed by atoms with van der Waals surface area (Å²) in [5.41, 5.74) is 4.49. The summed E-state index contributed by atoms with van der Waals surface area (Å²) in [6.07, 6.45) is 2.84. The van der Waals surface area contributed by atoms with E-state index in [1.807, 2.05) is 20.8 Å². The zero-order valence-electron chi connectivity index (χ0n) is 12.8. The second-order valence-electron chi connectivity index (χ2n) is 7.17.